The lowest BCUT2D eigenvalue weighted by Gasteiger charge is -2.34. The number of rotatable bonds is 6. The Balaban J connectivity index is 1.54. The lowest BCUT2D eigenvalue weighted by molar-refractivity contribution is 0.0263. The predicted molar refractivity (Wildman–Crippen MR) is 109 cm³/mol. The second-order valence-corrected chi connectivity index (χ2v) is 7.54. The summed E-state index contributed by atoms with van der Waals surface area (Å²) in [6.45, 7) is 10.1. The quantitative estimate of drug-likeness (QED) is 0.594. The molecule has 156 valence electrons. The maximum Gasteiger partial charge on any atom is 0.193 e. The molecule has 0 aromatic heterocycles. The zero-order valence-electron chi connectivity index (χ0n) is 17.0. The Kier molecular flexibility index (Phi) is 7.48. The van der Waals surface area contributed by atoms with E-state index < -0.39 is 11.6 Å². The van der Waals surface area contributed by atoms with Crippen molar-refractivity contribution in [3.63, 3.8) is 0 Å². The third-order valence-corrected chi connectivity index (χ3v) is 5.53. The summed E-state index contributed by atoms with van der Waals surface area (Å²) in [5.74, 6) is -0.192. The summed E-state index contributed by atoms with van der Waals surface area (Å²) in [4.78, 5) is 9.31. The van der Waals surface area contributed by atoms with Crippen LogP contribution in [0.1, 0.15) is 33.1 Å². The summed E-state index contributed by atoms with van der Waals surface area (Å²) in [5.41, 5.74) is 0.746. The molecule has 28 heavy (non-hydrogen) atoms. The van der Waals surface area contributed by atoms with E-state index in [9.17, 15) is 8.78 Å². The third-order valence-electron chi connectivity index (χ3n) is 5.53. The molecule has 7 heteroatoms. The van der Waals surface area contributed by atoms with Crippen LogP contribution >= 0.6 is 0 Å². The fourth-order valence-corrected chi connectivity index (χ4v) is 4.01. The molecule has 2 aliphatic rings. The van der Waals surface area contributed by atoms with Crippen molar-refractivity contribution in [2.45, 2.75) is 39.2 Å². The van der Waals surface area contributed by atoms with Crippen molar-refractivity contribution in [1.29, 1.82) is 0 Å². The number of piperidine rings is 1. The molecule has 1 unspecified atom stereocenters. The van der Waals surface area contributed by atoms with E-state index in [0.717, 1.165) is 76.8 Å². The zero-order chi connectivity index (χ0) is 19.9. The summed E-state index contributed by atoms with van der Waals surface area (Å²) >= 11 is 0. The Morgan fingerprint density at radius 1 is 1.14 bits per heavy atom. The number of hydrogen-bond donors (Lipinski definition) is 1. The Bertz CT molecular complexity index is 662. The maximum absolute atomic E-state index is 13.5. The van der Waals surface area contributed by atoms with Crippen LogP contribution in [0.2, 0.25) is 0 Å². The molecule has 0 radical (unpaired) electrons. The fraction of sp³-hybridized carbons (Fsp3) is 0.667. The zero-order valence-corrected chi connectivity index (χ0v) is 17.0. The topological polar surface area (TPSA) is 40.1 Å². The molecule has 2 saturated heterocycles. The van der Waals surface area contributed by atoms with Gasteiger partial charge in [-0.3, -0.25) is 4.99 Å². The normalized spacial score (nSPS) is 21.4. The number of guanidine groups is 1. The number of anilines is 1. The Morgan fingerprint density at radius 3 is 2.61 bits per heavy atom. The van der Waals surface area contributed by atoms with Crippen LogP contribution in [0, 0.1) is 17.6 Å². The molecule has 3 rings (SSSR count). The molecule has 1 aromatic rings. The molecule has 0 saturated carbocycles. The molecule has 1 N–H and O–H groups in total. The van der Waals surface area contributed by atoms with E-state index >= 15 is 0 Å². The van der Waals surface area contributed by atoms with E-state index in [0.29, 0.717) is 12.0 Å². The second-order valence-electron chi connectivity index (χ2n) is 7.54. The van der Waals surface area contributed by atoms with Gasteiger partial charge >= 0.3 is 0 Å². The van der Waals surface area contributed by atoms with E-state index in [1.807, 2.05) is 6.92 Å². The molecular formula is C21H32F2N4O. The molecule has 1 aromatic carbocycles. The highest BCUT2D eigenvalue weighted by Gasteiger charge is 2.25. The van der Waals surface area contributed by atoms with E-state index in [2.05, 4.69) is 22.0 Å². The first-order valence-corrected chi connectivity index (χ1v) is 10.5. The van der Waals surface area contributed by atoms with Crippen LogP contribution in [0.15, 0.2) is 23.2 Å². The van der Waals surface area contributed by atoms with Gasteiger partial charge in [-0.05, 0) is 51.2 Å². The molecule has 0 spiro atoms. The Hall–Kier alpha value is -1.89. The summed E-state index contributed by atoms with van der Waals surface area (Å²) in [6, 6.07) is 4.13. The van der Waals surface area contributed by atoms with E-state index in [1.165, 1.54) is 12.1 Å². The van der Waals surface area contributed by atoms with Crippen LogP contribution in [0.4, 0.5) is 14.5 Å². The van der Waals surface area contributed by atoms with Crippen molar-refractivity contribution >= 4 is 11.6 Å². The summed E-state index contributed by atoms with van der Waals surface area (Å²) in [6.07, 6.45) is 3.44. The number of benzene rings is 1. The van der Waals surface area contributed by atoms with Gasteiger partial charge in [0.25, 0.3) is 0 Å². The van der Waals surface area contributed by atoms with Crippen LogP contribution in [0.25, 0.3) is 0 Å². The number of likely N-dealkylation sites (tertiary alicyclic amines) is 1. The van der Waals surface area contributed by atoms with Crippen LogP contribution in [-0.2, 0) is 4.74 Å². The van der Waals surface area contributed by atoms with Gasteiger partial charge in [-0.1, -0.05) is 0 Å². The molecule has 2 fully saturated rings. The largest absolute Gasteiger partial charge is 0.378 e. The molecular weight excluding hydrogens is 362 g/mol. The molecule has 0 aliphatic carbocycles. The standard InChI is InChI=1S/C21H32F2N4O/c1-3-24-21(26-11-8-18(9-12-26)28-4-2)25-14-16-7-10-27(15-16)17-5-6-19(22)20(23)13-17/h5-6,13,16,18H,3-4,7-12,14-15H2,1-2H3,(H,24,25). The molecule has 1 atom stereocenters. The Morgan fingerprint density at radius 2 is 1.93 bits per heavy atom. The van der Waals surface area contributed by atoms with Crippen molar-refractivity contribution in [3.05, 3.63) is 29.8 Å². The van der Waals surface area contributed by atoms with Gasteiger partial charge in [-0.25, -0.2) is 8.78 Å². The first-order valence-electron chi connectivity index (χ1n) is 10.5. The van der Waals surface area contributed by atoms with Crippen molar-refractivity contribution in [1.82, 2.24) is 10.2 Å². The van der Waals surface area contributed by atoms with Gasteiger partial charge in [0.05, 0.1) is 6.10 Å². The summed E-state index contributed by atoms with van der Waals surface area (Å²) in [7, 11) is 0. The van der Waals surface area contributed by atoms with Gasteiger partial charge in [0.1, 0.15) is 0 Å². The van der Waals surface area contributed by atoms with Crippen LogP contribution in [-0.4, -0.2) is 62.8 Å². The minimum absolute atomic E-state index is 0.364. The molecule has 2 aliphatic heterocycles. The summed E-state index contributed by atoms with van der Waals surface area (Å²) < 4.78 is 32.4. The molecule has 0 amide bonds. The van der Waals surface area contributed by atoms with Crippen LogP contribution in [0.5, 0.6) is 0 Å². The number of nitrogens with one attached hydrogen (secondary N) is 1. The van der Waals surface area contributed by atoms with E-state index in [-0.39, 0.29) is 0 Å². The third kappa shape index (κ3) is 5.34. The monoisotopic (exact) mass is 394 g/mol. The molecule has 2 heterocycles. The van der Waals surface area contributed by atoms with Gasteiger partial charge < -0.3 is 19.9 Å². The first kappa shape index (κ1) is 20.8. The van der Waals surface area contributed by atoms with Crippen LogP contribution < -0.4 is 10.2 Å². The van der Waals surface area contributed by atoms with Crippen molar-refractivity contribution < 1.29 is 13.5 Å². The van der Waals surface area contributed by atoms with Gasteiger partial charge in [0, 0.05) is 57.6 Å². The lowest BCUT2D eigenvalue weighted by Crippen LogP contribution is -2.47. The highest BCUT2D eigenvalue weighted by molar-refractivity contribution is 5.80. The van der Waals surface area contributed by atoms with E-state index in [4.69, 9.17) is 9.73 Å². The van der Waals surface area contributed by atoms with Crippen molar-refractivity contribution in [3.8, 4) is 0 Å². The van der Waals surface area contributed by atoms with Crippen molar-refractivity contribution in [2.24, 2.45) is 10.9 Å². The molecule has 0 bridgehead atoms. The predicted octanol–water partition coefficient (Wildman–Crippen LogP) is 3.26. The van der Waals surface area contributed by atoms with Crippen LogP contribution in [0.3, 0.4) is 0 Å². The Labute approximate surface area is 166 Å². The lowest BCUT2D eigenvalue weighted by atomic mass is 10.1. The fourth-order valence-electron chi connectivity index (χ4n) is 4.01. The number of ether oxygens (including phenoxy) is 1. The number of nitrogens with zero attached hydrogens (tertiary/aromatic N) is 3. The number of hydrogen-bond acceptors (Lipinski definition) is 3. The number of aliphatic imine (C=N–C) groups is 1. The highest BCUT2D eigenvalue weighted by atomic mass is 19.2. The SMILES string of the molecule is CCNC(=NCC1CCN(c2ccc(F)c(F)c2)C1)N1CCC(OCC)CC1. The smallest absolute Gasteiger partial charge is 0.193 e. The minimum Gasteiger partial charge on any atom is -0.378 e. The average Bonchev–Trinajstić information content (AvgIpc) is 3.17. The molecule has 5 nitrogen and oxygen atoms in total. The minimum atomic E-state index is -0.799. The summed E-state index contributed by atoms with van der Waals surface area (Å²) in [5, 5.41) is 3.41. The van der Waals surface area contributed by atoms with E-state index in [1.54, 1.807) is 6.07 Å². The maximum atomic E-state index is 13.5. The van der Waals surface area contributed by atoms with Gasteiger partial charge in [0.2, 0.25) is 0 Å². The first-order chi connectivity index (χ1) is 13.6. The van der Waals surface area contributed by atoms with Gasteiger partial charge in [-0.15, -0.1) is 0 Å². The van der Waals surface area contributed by atoms with Gasteiger partial charge in [0.15, 0.2) is 17.6 Å². The van der Waals surface area contributed by atoms with Gasteiger partial charge in [-0.2, -0.15) is 0 Å². The highest BCUT2D eigenvalue weighted by Crippen LogP contribution is 2.25. The number of halogens is 2. The second kappa shape index (κ2) is 10.0. The average molecular weight is 395 g/mol. The van der Waals surface area contributed by atoms with Crippen molar-refractivity contribution in [2.75, 3.05) is 50.8 Å².